The largest absolute Gasteiger partial charge is 0.321 e. The lowest BCUT2D eigenvalue weighted by Crippen LogP contribution is -2.11. The summed E-state index contributed by atoms with van der Waals surface area (Å²) in [4.78, 5) is 12.4. The molecule has 0 atom stereocenters. The second-order valence-electron chi connectivity index (χ2n) is 4.20. The summed E-state index contributed by atoms with van der Waals surface area (Å²) in [5.74, 6) is -0.134. The number of fused-ring (bicyclic) bond motifs is 1. The van der Waals surface area contributed by atoms with Crippen LogP contribution in [-0.2, 0) is 0 Å². The molecule has 0 unspecified atom stereocenters. The minimum atomic E-state index is -0.134. The zero-order valence-corrected chi connectivity index (χ0v) is 13.3. The first kappa shape index (κ1) is 13.6. The first-order valence-electron chi connectivity index (χ1n) is 5.88. The molecule has 20 heavy (non-hydrogen) atoms. The van der Waals surface area contributed by atoms with Crippen molar-refractivity contribution in [1.29, 1.82) is 0 Å². The van der Waals surface area contributed by atoms with E-state index in [1.54, 1.807) is 23.5 Å². The second-order valence-corrected chi connectivity index (χ2v) is 6.31. The van der Waals surface area contributed by atoms with Crippen LogP contribution in [0.15, 0.2) is 52.3 Å². The molecule has 0 saturated heterocycles. The molecule has 1 N–H and O–H groups in total. The molecule has 0 aliphatic heterocycles. The van der Waals surface area contributed by atoms with Gasteiger partial charge in [-0.2, -0.15) is 0 Å². The van der Waals surface area contributed by atoms with Gasteiger partial charge >= 0.3 is 0 Å². The molecule has 0 aliphatic carbocycles. The van der Waals surface area contributed by atoms with E-state index in [0.29, 0.717) is 20.7 Å². The van der Waals surface area contributed by atoms with Crippen molar-refractivity contribution in [3.63, 3.8) is 0 Å². The molecule has 3 rings (SSSR count). The Morgan fingerprint density at radius 2 is 1.95 bits per heavy atom. The number of nitrogens with one attached hydrogen (secondary N) is 1. The van der Waals surface area contributed by atoms with Crippen LogP contribution in [0.5, 0.6) is 0 Å². The van der Waals surface area contributed by atoms with Crippen molar-refractivity contribution in [3.8, 4) is 0 Å². The lowest BCUT2D eigenvalue weighted by molar-refractivity contribution is 0.102. The molecule has 1 aromatic heterocycles. The quantitative estimate of drug-likeness (QED) is 0.631. The molecule has 0 bridgehead atoms. The summed E-state index contributed by atoms with van der Waals surface area (Å²) in [5, 5.41) is 6.29. The van der Waals surface area contributed by atoms with Crippen LogP contribution in [0.3, 0.4) is 0 Å². The van der Waals surface area contributed by atoms with Crippen LogP contribution in [0.25, 0.3) is 10.1 Å². The fraction of sp³-hybridized carbons (Fsp3) is 0. The first-order valence-corrected chi connectivity index (χ1v) is 7.93. The molecule has 2 nitrogen and oxygen atoms in total. The van der Waals surface area contributed by atoms with Crippen LogP contribution < -0.4 is 5.32 Å². The van der Waals surface area contributed by atoms with Gasteiger partial charge in [0.15, 0.2) is 0 Å². The number of thiophene rings is 1. The Labute approximate surface area is 133 Å². The van der Waals surface area contributed by atoms with E-state index in [9.17, 15) is 4.79 Å². The number of hydrogen-bond acceptors (Lipinski definition) is 2. The number of anilines is 1. The molecule has 100 valence electrons. The van der Waals surface area contributed by atoms with Gasteiger partial charge in [0.05, 0.1) is 20.7 Å². The SMILES string of the molecule is O=C(Nc1cccc(Cl)c1Br)c1csc2ccccc12. The maximum Gasteiger partial charge on any atom is 0.257 e. The average Bonchev–Trinajstić information content (AvgIpc) is 2.88. The van der Waals surface area contributed by atoms with Gasteiger partial charge in [-0.05, 0) is 34.1 Å². The highest BCUT2D eigenvalue weighted by Crippen LogP contribution is 2.31. The number of hydrogen-bond donors (Lipinski definition) is 1. The molecular formula is C15H9BrClNOS. The Morgan fingerprint density at radius 3 is 2.80 bits per heavy atom. The van der Waals surface area contributed by atoms with Crippen molar-refractivity contribution >= 4 is 60.5 Å². The van der Waals surface area contributed by atoms with Gasteiger partial charge in [-0.15, -0.1) is 11.3 Å². The van der Waals surface area contributed by atoms with E-state index >= 15 is 0 Å². The minimum absolute atomic E-state index is 0.134. The number of benzene rings is 2. The van der Waals surface area contributed by atoms with E-state index in [2.05, 4.69) is 21.2 Å². The summed E-state index contributed by atoms with van der Waals surface area (Å²) in [5.41, 5.74) is 1.34. The molecule has 3 aromatic rings. The molecule has 0 aliphatic rings. The average molecular weight is 367 g/mol. The van der Waals surface area contributed by atoms with Gasteiger partial charge in [-0.25, -0.2) is 0 Å². The van der Waals surface area contributed by atoms with Crippen molar-refractivity contribution in [3.05, 3.63) is 62.9 Å². The fourth-order valence-corrected chi connectivity index (χ4v) is 3.42. The van der Waals surface area contributed by atoms with Gasteiger partial charge in [0.2, 0.25) is 0 Å². The summed E-state index contributed by atoms with van der Waals surface area (Å²) < 4.78 is 1.79. The highest BCUT2D eigenvalue weighted by atomic mass is 79.9. The normalized spacial score (nSPS) is 10.7. The molecule has 0 saturated carbocycles. The fourth-order valence-electron chi connectivity index (χ4n) is 1.94. The Balaban J connectivity index is 1.95. The number of halogens is 2. The zero-order valence-electron chi connectivity index (χ0n) is 10.2. The van der Waals surface area contributed by atoms with E-state index in [0.717, 1.165) is 10.1 Å². The highest BCUT2D eigenvalue weighted by Gasteiger charge is 2.13. The van der Waals surface area contributed by atoms with E-state index in [4.69, 9.17) is 11.6 Å². The Morgan fingerprint density at radius 1 is 1.15 bits per heavy atom. The van der Waals surface area contributed by atoms with Gasteiger partial charge in [-0.1, -0.05) is 35.9 Å². The number of carbonyl (C=O) groups excluding carboxylic acids is 1. The summed E-state index contributed by atoms with van der Waals surface area (Å²) in [6.45, 7) is 0. The maximum absolute atomic E-state index is 12.4. The van der Waals surface area contributed by atoms with Gasteiger partial charge in [0, 0.05) is 15.5 Å². The van der Waals surface area contributed by atoms with Crippen LogP contribution in [-0.4, -0.2) is 5.91 Å². The molecule has 0 radical (unpaired) electrons. The van der Waals surface area contributed by atoms with Gasteiger partial charge in [0.1, 0.15) is 0 Å². The standard InChI is InChI=1S/C15H9BrClNOS/c16-14-11(17)5-3-6-12(14)18-15(19)10-8-20-13-7-2-1-4-9(10)13/h1-8H,(H,18,19). The molecule has 0 spiro atoms. The van der Waals surface area contributed by atoms with Crippen LogP contribution in [0.1, 0.15) is 10.4 Å². The number of rotatable bonds is 2. The smallest absolute Gasteiger partial charge is 0.257 e. The third kappa shape index (κ3) is 2.46. The summed E-state index contributed by atoms with van der Waals surface area (Å²) in [6.07, 6.45) is 0. The first-order chi connectivity index (χ1) is 9.66. The molecule has 1 amide bonds. The Hall–Kier alpha value is -1.36. The van der Waals surface area contributed by atoms with E-state index in [1.165, 1.54) is 0 Å². The number of amides is 1. The molecule has 1 heterocycles. The minimum Gasteiger partial charge on any atom is -0.321 e. The van der Waals surface area contributed by atoms with Crippen molar-refractivity contribution in [2.24, 2.45) is 0 Å². The predicted molar refractivity (Wildman–Crippen MR) is 88.9 cm³/mol. The topological polar surface area (TPSA) is 29.1 Å². The van der Waals surface area contributed by atoms with Crippen LogP contribution in [0.2, 0.25) is 5.02 Å². The van der Waals surface area contributed by atoms with E-state index in [1.807, 2.05) is 35.7 Å². The summed E-state index contributed by atoms with van der Waals surface area (Å²) >= 11 is 11.0. The third-order valence-electron chi connectivity index (χ3n) is 2.93. The van der Waals surface area contributed by atoms with E-state index < -0.39 is 0 Å². The van der Waals surface area contributed by atoms with Crippen LogP contribution in [0.4, 0.5) is 5.69 Å². The number of carbonyl (C=O) groups is 1. The van der Waals surface area contributed by atoms with Gasteiger partial charge < -0.3 is 5.32 Å². The molecular weight excluding hydrogens is 358 g/mol. The monoisotopic (exact) mass is 365 g/mol. The van der Waals surface area contributed by atoms with Crippen molar-refractivity contribution in [1.82, 2.24) is 0 Å². The lowest BCUT2D eigenvalue weighted by atomic mass is 10.1. The summed E-state index contributed by atoms with van der Waals surface area (Å²) in [7, 11) is 0. The molecule has 0 fully saturated rings. The lowest BCUT2D eigenvalue weighted by Gasteiger charge is -2.07. The second kappa shape index (κ2) is 5.56. The maximum atomic E-state index is 12.4. The van der Waals surface area contributed by atoms with E-state index in [-0.39, 0.29) is 5.91 Å². The Bertz CT molecular complexity index is 799. The van der Waals surface area contributed by atoms with Crippen molar-refractivity contribution < 1.29 is 4.79 Å². The van der Waals surface area contributed by atoms with Crippen molar-refractivity contribution in [2.75, 3.05) is 5.32 Å². The van der Waals surface area contributed by atoms with Crippen LogP contribution in [0, 0.1) is 0 Å². The third-order valence-corrected chi connectivity index (χ3v) is 5.29. The van der Waals surface area contributed by atoms with Crippen LogP contribution >= 0.6 is 38.9 Å². The molecule has 5 heteroatoms. The Kier molecular flexibility index (Phi) is 3.78. The van der Waals surface area contributed by atoms with Gasteiger partial charge in [0.25, 0.3) is 5.91 Å². The van der Waals surface area contributed by atoms with Gasteiger partial charge in [-0.3, -0.25) is 4.79 Å². The summed E-state index contributed by atoms with van der Waals surface area (Å²) in [6, 6.07) is 13.2. The highest BCUT2D eigenvalue weighted by molar-refractivity contribution is 9.10. The molecule has 2 aromatic carbocycles. The predicted octanol–water partition coefficient (Wildman–Crippen LogP) is 5.57. The van der Waals surface area contributed by atoms with Crippen molar-refractivity contribution in [2.45, 2.75) is 0 Å². The zero-order chi connectivity index (χ0) is 14.1.